The standard InChI is InChI=1S/C23H24N2O3/c1-16(25-21(27)18-11-5-6-12-19(18)22(25)28)20(26)24-15-23(13-7-8-14-23)17-9-3-2-4-10-17/h2-6,9-12,16H,7-8,13-15H2,1H3,(H,24,26). The largest absolute Gasteiger partial charge is 0.353 e. The van der Waals surface area contributed by atoms with Gasteiger partial charge in [0.25, 0.3) is 11.8 Å². The van der Waals surface area contributed by atoms with Crippen molar-refractivity contribution in [3.05, 3.63) is 71.3 Å². The van der Waals surface area contributed by atoms with Gasteiger partial charge >= 0.3 is 0 Å². The predicted octanol–water partition coefficient (Wildman–Crippen LogP) is 3.30. The van der Waals surface area contributed by atoms with E-state index < -0.39 is 17.9 Å². The third-order valence-electron chi connectivity index (χ3n) is 6.14. The molecule has 1 aliphatic heterocycles. The van der Waals surface area contributed by atoms with Gasteiger partial charge in [-0.15, -0.1) is 0 Å². The second-order valence-corrected chi connectivity index (χ2v) is 7.77. The molecule has 5 nitrogen and oxygen atoms in total. The van der Waals surface area contributed by atoms with Gasteiger partial charge in [-0.05, 0) is 37.5 Å². The van der Waals surface area contributed by atoms with E-state index in [-0.39, 0.29) is 11.3 Å². The van der Waals surface area contributed by atoms with Crippen LogP contribution in [0.2, 0.25) is 0 Å². The van der Waals surface area contributed by atoms with Crippen molar-refractivity contribution in [3.8, 4) is 0 Å². The Bertz CT molecular complexity index is 881. The SMILES string of the molecule is CC(C(=O)NCC1(c2ccccc2)CCCC1)N1C(=O)c2ccccc2C1=O. The summed E-state index contributed by atoms with van der Waals surface area (Å²) in [5.41, 5.74) is 1.90. The Labute approximate surface area is 164 Å². The van der Waals surface area contributed by atoms with Crippen LogP contribution in [-0.4, -0.2) is 35.2 Å². The number of benzene rings is 2. The summed E-state index contributed by atoms with van der Waals surface area (Å²) >= 11 is 0. The summed E-state index contributed by atoms with van der Waals surface area (Å²) in [6.07, 6.45) is 4.33. The van der Waals surface area contributed by atoms with Crippen LogP contribution in [0.5, 0.6) is 0 Å². The Morgan fingerprint density at radius 3 is 2.07 bits per heavy atom. The minimum Gasteiger partial charge on any atom is -0.353 e. The van der Waals surface area contributed by atoms with Crippen molar-refractivity contribution in [1.82, 2.24) is 10.2 Å². The molecule has 2 aromatic rings. The van der Waals surface area contributed by atoms with Crippen molar-refractivity contribution in [2.75, 3.05) is 6.54 Å². The first-order chi connectivity index (χ1) is 13.5. The number of imide groups is 1. The normalized spacial score (nSPS) is 18.8. The van der Waals surface area contributed by atoms with E-state index in [1.807, 2.05) is 18.2 Å². The first kappa shape index (κ1) is 18.4. The zero-order valence-corrected chi connectivity index (χ0v) is 16.0. The Balaban J connectivity index is 1.48. The average molecular weight is 376 g/mol. The third-order valence-corrected chi connectivity index (χ3v) is 6.14. The van der Waals surface area contributed by atoms with Crippen LogP contribution >= 0.6 is 0 Å². The Hall–Kier alpha value is -2.95. The fourth-order valence-electron chi connectivity index (χ4n) is 4.49. The van der Waals surface area contributed by atoms with E-state index in [9.17, 15) is 14.4 Å². The molecule has 0 aromatic heterocycles. The van der Waals surface area contributed by atoms with Crippen molar-refractivity contribution in [3.63, 3.8) is 0 Å². The zero-order valence-electron chi connectivity index (χ0n) is 16.0. The van der Waals surface area contributed by atoms with Gasteiger partial charge in [-0.3, -0.25) is 19.3 Å². The van der Waals surface area contributed by atoms with Crippen LogP contribution in [0.25, 0.3) is 0 Å². The maximum atomic E-state index is 12.8. The minimum absolute atomic E-state index is 0.0708. The number of hydrogen-bond acceptors (Lipinski definition) is 3. The van der Waals surface area contributed by atoms with Crippen molar-refractivity contribution in [2.45, 2.75) is 44.1 Å². The summed E-state index contributed by atoms with van der Waals surface area (Å²) in [5.74, 6) is -1.10. The number of carbonyl (C=O) groups excluding carboxylic acids is 3. The Morgan fingerprint density at radius 1 is 0.964 bits per heavy atom. The van der Waals surface area contributed by atoms with Crippen LogP contribution in [0, 0.1) is 0 Å². The molecule has 0 spiro atoms. The first-order valence-corrected chi connectivity index (χ1v) is 9.84. The van der Waals surface area contributed by atoms with E-state index >= 15 is 0 Å². The first-order valence-electron chi connectivity index (χ1n) is 9.84. The van der Waals surface area contributed by atoms with E-state index in [0.29, 0.717) is 17.7 Å². The highest BCUT2D eigenvalue weighted by Gasteiger charge is 2.41. The van der Waals surface area contributed by atoms with Crippen molar-refractivity contribution in [1.29, 1.82) is 0 Å². The van der Waals surface area contributed by atoms with Crippen LogP contribution < -0.4 is 5.32 Å². The molecule has 1 atom stereocenters. The number of carbonyl (C=O) groups is 3. The van der Waals surface area contributed by atoms with Gasteiger partial charge in [-0.2, -0.15) is 0 Å². The van der Waals surface area contributed by atoms with Gasteiger partial charge in [0.15, 0.2) is 0 Å². The highest BCUT2D eigenvalue weighted by molar-refractivity contribution is 6.22. The van der Waals surface area contributed by atoms with Crippen molar-refractivity contribution >= 4 is 17.7 Å². The molecule has 0 bridgehead atoms. The molecule has 1 N–H and O–H groups in total. The van der Waals surface area contributed by atoms with Crippen LogP contribution in [0.1, 0.15) is 58.9 Å². The molecule has 0 radical (unpaired) electrons. The summed E-state index contributed by atoms with van der Waals surface area (Å²) in [6.45, 7) is 2.13. The second-order valence-electron chi connectivity index (χ2n) is 7.77. The summed E-state index contributed by atoms with van der Waals surface area (Å²) in [5, 5.41) is 3.02. The predicted molar refractivity (Wildman–Crippen MR) is 106 cm³/mol. The Kier molecular flexibility index (Phi) is 4.75. The molecule has 1 saturated carbocycles. The molecule has 1 aliphatic carbocycles. The maximum Gasteiger partial charge on any atom is 0.262 e. The van der Waals surface area contributed by atoms with E-state index in [0.717, 1.165) is 30.6 Å². The van der Waals surface area contributed by atoms with E-state index in [2.05, 4.69) is 17.4 Å². The van der Waals surface area contributed by atoms with Crippen LogP contribution in [0.15, 0.2) is 54.6 Å². The molecular weight excluding hydrogens is 352 g/mol. The zero-order chi connectivity index (χ0) is 19.7. The molecule has 3 amide bonds. The van der Waals surface area contributed by atoms with Gasteiger partial charge in [0, 0.05) is 12.0 Å². The average Bonchev–Trinajstić information content (AvgIpc) is 3.31. The molecule has 28 heavy (non-hydrogen) atoms. The van der Waals surface area contributed by atoms with Crippen molar-refractivity contribution in [2.24, 2.45) is 0 Å². The molecule has 2 aromatic carbocycles. The minimum atomic E-state index is -0.846. The highest BCUT2D eigenvalue weighted by atomic mass is 16.2. The van der Waals surface area contributed by atoms with Crippen LogP contribution in [0.4, 0.5) is 0 Å². The number of fused-ring (bicyclic) bond motifs is 1. The fraction of sp³-hybridized carbons (Fsp3) is 0.348. The monoisotopic (exact) mass is 376 g/mol. The number of amides is 3. The lowest BCUT2D eigenvalue weighted by atomic mass is 9.79. The lowest BCUT2D eigenvalue weighted by molar-refractivity contribution is -0.124. The topological polar surface area (TPSA) is 66.5 Å². The molecule has 4 rings (SSSR count). The third kappa shape index (κ3) is 3.01. The van der Waals surface area contributed by atoms with Gasteiger partial charge in [-0.1, -0.05) is 55.3 Å². The lowest BCUT2D eigenvalue weighted by Crippen LogP contribution is -2.50. The number of nitrogens with one attached hydrogen (secondary N) is 1. The van der Waals surface area contributed by atoms with Gasteiger partial charge in [-0.25, -0.2) is 0 Å². The number of hydrogen-bond donors (Lipinski definition) is 1. The molecule has 2 aliphatic rings. The number of rotatable bonds is 5. The van der Waals surface area contributed by atoms with Crippen LogP contribution in [0.3, 0.4) is 0 Å². The summed E-state index contributed by atoms with van der Waals surface area (Å²) in [4.78, 5) is 39.2. The maximum absolute atomic E-state index is 12.8. The van der Waals surface area contributed by atoms with Gasteiger partial charge < -0.3 is 5.32 Å². The summed E-state index contributed by atoms with van der Waals surface area (Å²) in [7, 11) is 0. The smallest absolute Gasteiger partial charge is 0.262 e. The number of nitrogens with zero attached hydrogens (tertiary/aromatic N) is 1. The molecule has 1 heterocycles. The summed E-state index contributed by atoms with van der Waals surface area (Å²) < 4.78 is 0. The van der Waals surface area contributed by atoms with Gasteiger partial charge in [0.05, 0.1) is 11.1 Å². The van der Waals surface area contributed by atoms with Gasteiger partial charge in [0.1, 0.15) is 6.04 Å². The molecule has 1 fully saturated rings. The lowest BCUT2D eigenvalue weighted by Gasteiger charge is -2.31. The van der Waals surface area contributed by atoms with Crippen molar-refractivity contribution < 1.29 is 14.4 Å². The highest BCUT2D eigenvalue weighted by Crippen LogP contribution is 2.40. The Morgan fingerprint density at radius 2 is 1.50 bits per heavy atom. The van der Waals surface area contributed by atoms with Gasteiger partial charge in [0.2, 0.25) is 5.91 Å². The summed E-state index contributed by atoms with van der Waals surface area (Å²) in [6, 6.07) is 16.1. The van der Waals surface area contributed by atoms with E-state index in [1.54, 1.807) is 31.2 Å². The molecular formula is C23H24N2O3. The van der Waals surface area contributed by atoms with Crippen LogP contribution in [-0.2, 0) is 10.2 Å². The second kappa shape index (κ2) is 7.23. The molecule has 1 unspecified atom stereocenters. The molecule has 0 saturated heterocycles. The molecule has 5 heteroatoms. The quantitative estimate of drug-likeness (QED) is 0.814. The van der Waals surface area contributed by atoms with E-state index in [4.69, 9.17) is 0 Å². The molecule has 144 valence electrons. The fourth-order valence-corrected chi connectivity index (χ4v) is 4.49. The van der Waals surface area contributed by atoms with E-state index in [1.165, 1.54) is 5.56 Å².